The quantitative estimate of drug-likeness (QED) is 0.233. The first-order chi connectivity index (χ1) is 12.3. The lowest BCUT2D eigenvalue weighted by atomic mass is 10.1. The lowest BCUT2D eigenvalue weighted by Gasteiger charge is -2.03. The van der Waals surface area contributed by atoms with E-state index >= 15 is 0 Å². The molecular weight excluding hydrogens is 343 g/mol. The van der Waals surface area contributed by atoms with Crippen LogP contribution in [0.5, 0.6) is 0 Å². The second-order valence-electron chi connectivity index (χ2n) is 6.45. The fourth-order valence-corrected chi connectivity index (χ4v) is 2.61. The summed E-state index contributed by atoms with van der Waals surface area (Å²) in [5.41, 5.74) is 2.85. The molecule has 1 aromatic heterocycles. The Balaban J connectivity index is 0.000000597. The number of nitrogens with zero attached hydrogens (tertiary/aromatic N) is 2. The van der Waals surface area contributed by atoms with Gasteiger partial charge in [0.1, 0.15) is 18.9 Å². The zero-order valence-electron chi connectivity index (χ0n) is 15.7. The summed E-state index contributed by atoms with van der Waals surface area (Å²) in [5.74, 6) is 0. The van der Waals surface area contributed by atoms with Crippen molar-refractivity contribution in [1.29, 1.82) is 0 Å². The predicted molar refractivity (Wildman–Crippen MR) is 98.5 cm³/mol. The molecule has 0 amide bonds. The van der Waals surface area contributed by atoms with E-state index in [1.54, 1.807) is 0 Å². The van der Waals surface area contributed by atoms with Crippen molar-refractivity contribution in [2.24, 2.45) is 0 Å². The van der Waals surface area contributed by atoms with E-state index in [0.717, 1.165) is 13.1 Å². The fraction of sp³-hybridized carbons (Fsp3) is 0.526. The smallest absolute Gasteiger partial charge is 0.418 e. The van der Waals surface area contributed by atoms with Crippen LogP contribution in [0, 0.1) is 0 Å². The van der Waals surface area contributed by atoms with Gasteiger partial charge in [-0.2, -0.15) is 0 Å². The molecular formula is C19H29BF4N2. The molecule has 2 nitrogen and oxygen atoms in total. The summed E-state index contributed by atoms with van der Waals surface area (Å²) in [4.78, 5) is 0. The number of rotatable bonds is 9. The number of hydrogen-bond acceptors (Lipinski definition) is 0. The van der Waals surface area contributed by atoms with Crippen LogP contribution in [0.1, 0.15) is 57.1 Å². The Hall–Kier alpha value is -1.79. The molecule has 0 fully saturated rings. The molecule has 0 bridgehead atoms. The van der Waals surface area contributed by atoms with Crippen LogP contribution in [0.4, 0.5) is 17.3 Å². The lowest BCUT2D eigenvalue weighted by molar-refractivity contribution is -0.687. The first-order valence-electron chi connectivity index (χ1n) is 9.31. The van der Waals surface area contributed by atoms with Gasteiger partial charge in [0.25, 0.3) is 0 Å². The van der Waals surface area contributed by atoms with Gasteiger partial charge in [-0.25, -0.2) is 9.13 Å². The maximum Gasteiger partial charge on any atom is 0.673 e. The van der Waals surface area contributed by atoms with Crippen molar-refractivity contribution in [3.8, 4) is 0 Å². The Labute approximate surface area is 154 Å². The highest BCUT2D eigenvalue weighted by Crippen LogP contribution is 2.09. The molecule has 26 heavy (non-hydrogen) atoms. The molecule has 0 N–H and O–H groups in total. The van der Waals surface area contributed by atoms with Gasteiger partial charge >= 0.3 is 7.25 Å². The Bertz CT molecular complexity index is 603. The Kier molecular flexibility index (Phi) is 10.1. The number of imidazole rings is 1. The van der Waals surface area contributed by atoms with Gasteiger partial charge in [-0.1, -0.05) is 57.4 Å². The van der Waals surface area contributed by atoms with E-state index in [9.17, 15) is 17.3 Å². The zero-order valence-corrected chi connectivity index (χ0v) is 15.7. The van der Waals surface area contributed by atoms with Crippen molar-refractivity contribution < 1.29 is 21.8 Å². The minimum atomic E-state index is -6.00. The maximum atomic E-state index is 9.75. The van der Waals surface area contributed by atoms with Crippen LogP contribution in [0.3, 0.4) is 0 Å². The molecule has 1 heterocycles. The van der Waals surface area contributed by atoms with Crippen molar-refractivity contribution in [2.75, 3.05) is 0 Å². The van der Waals surface area contributed by atoms with Crippen molar-refractivity contribution in [2.45, 2.75) is 65.5 Å². The largest absolute Gasteiger partial charge is 0.673 e. The van der Waals surface area contributed by atoms with Crippen LogP contribution >= 0.6 is 0 Å². The normalized spacial score (nSPS) is 11.2. The van der Waals surface area contributed by atoms with Gasteiger partial charge < -0.3 is 17.3 Å². The summed E-state index contributed by atoms with van der Waals surface area (Å²) >= 11 is 0. The van der Waals surface area contributed by atoms with Crippen molar-refractivity contribution in [3.63, 3.8) is 0 Å². The number of aromatic nitrogens is 2. The second-order valence-corrected chi connectivity index (χ2v) is 6.45. The monoisotopic (exact) mass is 372 g/mol. The van der Waals surface area contributed by atoms with E-state index in [1.807, 2.05) is 0 Å². The van der Waals surface area contributed by atoms with Crippen molar-refractivity contribution in [3.05, 3.63) is 54.1 Å². The third kappa shape index (κ3) is 11.0. The van der Waals surface area contributed by atoms with E-state index in [1.165, 1.54) is 49.7 Å². The fourth-order valence-electron chi connectivity index (χ4n) is 2.61. The molecule has 0 spiro atoms. The van der Waals surface area contributed by atoms with Crippen LogP contribution in [0.15, 0.2) is 43.0 Å². The molecule has 0 saturated heterocycles. The second kappa shape index (κ2) is 11.8. The van der Waals surface area contributed by atoms with Crippen LogP contribution in [-0.4, -0.2) is 11.8 Å². The first-order valence-corrected chi connectivity index (χ1v) is 9.31. The molecule has 0 saturated carbocycles. The van der Waals surface area contributed by atoms with Gasteiger partial charge in [-0.05, 0) is 30.4 Å². The van der Waals surface area contributed by atoms with Gasteiger partial charge in [0.15, 0.2) is 0 Å². The first kappa shape index (κ1) is 22.3. The molecule has 1 aromatic carbocycles. The average Bonchev–Trinajstić information content (AvgIpc) is 3.01. The topological polar surface area (TPSA) is 8.81 Å². The third-order valence-corrected chi connectivity index (χ3v) is 3.97. The van der Waals surface area contributed by atoms with E-state index in [-0.39, 0.29) is 0 Å². The number of unbranched alkanes of at least 4 members (excludes halogenated alkanes) is 3. The Morgan fingerprint density at radius 3 is 2.04 bits per heavy atom. The Morgan fingerprint density at radius 2 is 1.46 bits per heavy atom. The average molecular weight is 372 g/mol. The minimum absolute atomic E-state index is 0.967. The summed E-state index contributed by atoms with van der Waals surface area (Å²) in [6, 6.07) is 9.13. The lowest BCUT2D eigenvalue weighted by Crippen LogP contribution is -2.31. The molecule has 7 heteroatoms. The van der Waals surface area contributed by atoms with Crippen LogP contribution in [0.2, 0.25) is 0 Å². The molecule has 0 unspecified atom stereocenters. The van der Waals surface area contributed by atoms with Gasteiger partial charge in [0, 0.05) is 0 Å². The summed E-state index contributed by atoms with van der Waals surface area (Å²) in [5, 5.41) is 0. The van der Waals surface area contributed by atoms with Crippen LogP contribution in [-0.2, 0) is 19.5 Å². The van der Waals surface area contributed by atoms with E-state index in [0.29, 0.717) is 0 Å². The van der Waals surface area contributed by atoms with E-state index in [2.05, 4.69) is 66.0 Å². The van der Waals surface area contributed by atoms with E-state index in [4.69, 9.17) is 0 Å². The maximum absolute atomic E-state index is 9.75. The van der Waals surface area contributed by atoms with Crippen LogP contribution in [0.25, 0.3) is 0 Å². The summed E-state index contributed by atoms with van der Waals surface area (Å²) < 4.78 is 43.5. The summed E-state index contributed by atoms with van der Waals surface area (Å²) in [6.07, 6.45) is 14.2. The number of halogens is 4. The number of aryl methyl sites for hydroxylation is 2. The van der Waals surface area contributed by atoms with Crippen LogP contribution < -0.4 is 4.57 Å². The van der Waals surface area contributed by atoms with Gasteiger partial charge in [0.05, 0.1) is 6.54 Å². The SMILES string of the molecule is CCCCCc1ccc(C[n+]2ccn(CCCC)c2)cc1.F[B-](F)(F)F. The summed E-state index contributed by atoms with van der Waals surface area (Å²) in [7, 11) is -6.00. The highest BCUT2D eigenvalue weighted by atomic mass is 19.5. The highest BCUT2D eigenvalue weighted by molar-refractivity contribution is 6.50. The molecule has 146 valence electrons. The van der Waals surface area contributed by atoms with E-state index < -0.39 is 7.25 Å². The standard InChI is InChI=1S/C19H29N2.BF4/c1-3-5-7-8-18-9-11-19(12-10-18)16-21-15-14-20(17-21)13-6-4-2;2-1(3,4)5/h9-12,14-15,17H,3-8,13,16H2,1-2H3;/q+1;-1. The predicted octanol–water partition coefficient (Wildman–Crippen LogP) is 5.66. The Morgan fingerprint density at radius 1 is 0.885 bits per heavy atom. The number of hydrogen-bond donors (Lipinski definition) is 0. The number of benzene rings is 1. The van der Waals surface area contributed by atoms with Crippen molar-refractivity contribution >= 4 is 7.25 Å². The highest BCUT2D eigenvalue weighted by Gasteiger charge is 2.20. The molecule has 2 rings (SSSR count). The minimum Gasteiger partial charge on any atom is -0.418 e. The summed E-state index contributed by atoms with van der Waals surface area (Å²) in [6.45, 7) is 6.58. The van der Waals surface area contributed by atoms with Gasteiger partial charge in [0.2, 0.25) is 6.33 Å². The zero-order chi connectivity index (χ0) is 19.4. The molecule has 0 atom stereocenters. The van der Waals surface area contributed by atoms with Gasteiger partial charge in [-0.15, -0.1) is 0 Å². The molecule has 0 aliphatic rings. The molecule has 0 aliphatic carbocycles. The molecule has 2 aromatic rings. The molecule has 0 radical (unpaired) electrons. The molecule has 0 aliphatic heterocycles. The van der Waals surface area contributed by atoms with Crippen molar-refractivity contribution in [1.82, 2.24) is 4.57 Å². The van der Waals surface area contributed by atoms with Gasteiger partial charge in [-0.3, -0.25) is 0 Å². The third-order valence-electron chi connectivity index (χ3n) is 3.97.